The summed E-state index contributed by atoms with van der Waals surface area (Å²) < 4.78 is 0. The van der Waals surface area contributed by atoms with E-state index in [9.17, 15) is 4.79 Å². The summed E-state index contributed by atoms with van der Waals surface area (Å²) in [7, 11) is 0. The molecule has 0 heterocycles. The fourth-order valence-corrected chi connectivity index (χ4v) is 1.69. The van der Waals surface area contributed by atoms with Gasteiger partial charge in [0, 0.05) is 18.5 Å². The quantitative estimate of drug-likeness (QED) is 0.680. The Balaban J connectivity index is 4.00. The molecule has 3 N–H and O–H groups in total. The largest absolute Gasteiger partial charge is 0.352 e. The number of carbonyl (C=O) groups is 1. The number of hydrogen-bond acceptors (Lipinski definition) is 2. The minimum atomic E-state index is 0.108. The summed E-state index contributed by atoms with van der Waals surface area (Å²) in [5.74, 6) is 0.824. The maximum atomic E-state index is 11.7. The predicted octanol–water partition coefficient (Wildman–Crippen LogP) is 1.91. The minimum Gasteiger partial charge on any atom is -0.352 e. The first kappa shape index (κ1) is 14.4. The second kappa shape index (κ2) is 7.69. The van der Waals surface area contributed by atoms with Crippen molar-refractivity contribution >= 4 is 5.91 Å². The highest BCUT2D eigenvalue weighted by Crippen LogP contribution is 2.08. The van der Waals surface area contributed by atoms with Crippen molar-refractivity contribution in [2.45, 2.75) is 53.0 Å². The summed E-state index contributed by atoms with van der Waals surface area (Å²) >= 11 is 0. The van der Waals surface area contributed by atoms with Crippen molar-refractivity contribution in [3.8, 4) is 0 Å². The van der Waals surface area contributed by atoms with Crippen LogP contribution in [0.5, 0.6) is 0 Å². The van der Waals surface area contributed by atoms with E-state index in [-0.39, 0.29) is 17.9 Å². The second-order valence-electron chi connectivity index (χ2n) is 4.76. The lowest BCUT2D eigenvalue weighted by atomic mass is 10.0. The van der Waals surface area contributed by atoms with Crippen LogP contribution in [0.15, 0.2) is 0 Å². The van der Waals surface area contributed by atoms with Crippen molar-refractivity contribution in [2.75, 3.05) is 6.54 Å². The van der Waals surface area contributed by atoms with Crippen molar-refractivity contribution in [2.24, 2.45) is 17.6 Å². The third-order valence-electron chi connectivity index (χ3n) is 2.56. The monoisotopic (exact) mass is 214 g/mol. The summed E-state index contributed by atoms with van der Waals surface area (Å²) in [6.07, 6.45) is 2.96. The molecular weight excluding hydrogens is 188 g/mol. The summed E-state index contributed by atoms with van der Waals surface area (Å²) in [5, 5.41) is 3.02. The zero-order valence-electron chi connectivity index (χ0n) is 10.5. The van der Waals surface area contributed by atoms with E-state index in [0.717, 1.165) is 19.3 Å². The van der Waals surface area contributed by atoms with Crippen molar-refractivity contribution in [3.63, 3.8) is 0 Å². The van der Waals surface area contributed by atoms with Gasteiger partial charge in [0.1, 0.15) is 0 Å². The molecule has 2 unspecified atom stereocenters. The Morgan fingerprint density at radius 3 is 2.33 bits per heavy atom. The molecule has 0 fully saturated rings. The molecule has 0 radical (unpaired) electrons. The lowest BCUT2D eigenvalue weighted by Gasteiger charge is -2.21. The number of amides is 1. The zero-order valence-corrected chi connectivity index (χ0v) is 10.5. The number of nitrogens with two attached hydrogens (primary N) is 1. The van der Waals surface area contributed by atoms with Gasteiger partial charge >= 0.3 is 0 Å². The Labute approximate surface area is 93.8 Å². The van der Waals surface area contributed by atoms with E-state index in [1.807, 2.05) is 6.92 Å². The van der Waals surface area contributed by atoms with Crippen LogP contribution in [0.3, 0.4) is 0 Å². The standard InChI is InChI=1S/C12H26N2O/c1-5-6-10(4)12(15)14-11(8-13)7-9(2)3/h9-11H,5-8,13H2,1-4H3,(H,14,15). The molecule has 0 aromatic heterocycles. The topological polar surface area (TPSA) is 55.1 Å². The molecule has 3 heteroatoms. The molecule has 0 aromatic carbocycles. The summed E-state index contributed by atoms with van der Waals surface area (Å²) in [5.41, 5.74) is 5.63. The summed E-state index contributed by atoms with van der Waals surface area (Å²) in [6, 6.07) is 0.136. The van der Waals surface area contributed by atoms with Gasteiger partial charge in [-0.15, -0.1) is 0 Å². The average Bonchev–Trinajstić information content (AvgIpc) is 2.16. The van der Waals surface area contributed by atoms with Gasteiger partial charge < -0.3 is 11.1 Å². The van der Waals surface area contributed by atoms with Gasteiger partial charge in [0.2, 0.25) is 5.91 Å². The molecular formula is C12H26N2O. The van der Waals surface area contributed by atoms with Crippen molar-refractivity contribution in [3.05, 3.63) is 0 Å². The number of hydrogen-bond donors (Lipinski definition) is 2. The highest BCUT2D eigenvalue weighted by atomic mass is 16.1. The van der Waals surface area contributed by atoms with Crippen molar-refractivity contribution in [1.29, 1.82) is 0 Å². The van der Waals surface area contributed by atoms with Gasteiger partial charge in [-0.05, 0) is 18.8 Å². The lowest BCUT2D eigenvalue weighted by molar-refractivity contribution is -0.125. The Bertz CT molecular complexity index is 180. The Morgan fingerprint density at radius 2 is 1.93 bits per heavy atom. The van der Waals surface area contributed by atoms with Crippen LogP contribution in [-0.4, -0.2) is 18.5 Å². The lowest BCUT2D eigenvalue weighted by Crippen LogP contribution is -2.43. The smallest absolute Gasteiger partial charge is 0.223 e. The van der Waals surface area contributed by atoms with Crippen LogP contribution in [0.2, 0.25) is 0 Å². The summed E-state index contributed by atoms with van der Waals surface area (Å²) in [4.78, 5) is 11.7. The van der Waals surface area contributed by atoms with Crippen LogP contribution in [0.4, 0.5) is 0 Å². The molecule has 0 spiro atoms. The molecule has 15 heavy (non-hydrogen) atoms. The molecule has 3 nitrogen and oxygen atoms in total. The van der Waals surface area contributed by atoms with Gasteiger partial charge in [-0.25, -0.2) is 0 Å². The maximum Gasteiger partial charge on any atom is 0.223 e. The first-order valence-corrected chi connectivity index (χ1v) is 6.01. The fraction of sp³-hybridized carbons (Fsp3) is 0.917. The Kier molecular flexibility index (Phi) is 7.39. The van der Waals surface area contributed by atoms with Gasteiger partial charge in [0.05, 0.1) is 0 Å². The molecule has 0 aliphatic carbocycles. The van der Waals surface area contributed by atoms with E-state index in [1.54, 1.807) is 0 Å². The van der Waals surface area contributed by atoms with Crippen LogP contribution < -0.4 is 11.1 Å². The van der Waals surface area contributed by atoms with Gasteiger partial charge in [-0.1, -0.05) is 34.1 Å². The van der Waals surface area contributed by atoms with E-state index in [1.165, 1.54) is 0 Å². The normalized spacial score (nSPS) is 15.1. The predicted molar refractivity (Wildman–Crippen MR) is 64.5 cm³/mol. The highest BCUT2D eigenvalue weighted by molar-refractivity contribution is 5.78. The molecule has 0 saturated carbocycles. The molecule has 1 amide bonds. The van der Waals surface area contributed by atoms with E-state index in [0.29, 0.717) is 12.5 Å². The number of rotatable bonds is 7. The maximum absolute atomic E-state index is 11.7. The van der Waals surface area contributed by atoms with Crippen LogP contribution in [0.25, 0.3) is 0 Å². The molecule has 0 saturated heterocycles. The molecule has 0 aliphatic rings. The minimum absolute atomic E-state index is 0.108. The van der Waals surface area contributed by atoms with Gasteiger partial charge in [-0.2, -0.15) is 0 Å². The molecule has 0 aliphatic heterocycles. The molecule has 2 atom stereocenters. The van der Waals surface area contributed by atoms with Crippen molar-refractivity contribution in [1.82, 2.24) is 5.32 Å². The third-order valence-corrected chi connectivity index (χ3v) is 2.56. The Morgan fingerprint density at radius 1 is 1.33 bits per heavy atom. The third kappa shape index (κ3) is 6.50. The SMILES string of the molecule is CCCC(C)C(=O)NC(CN)CC(C)C. The zero-order chi connectivity index (χ0) is 11.8. The highest BCUT2D eigenvalue weighted by Gasteiger charge is 2.16. The fourth-order valence-electron chi connectivity index (χ4n) is 1.69. The van der Waals surface area contributed by atoms with E-state index >= 15 is 0 Å². The summed E-state index contributed by atoms with van der Waals surface area (Å²) in [6.45, 7) is 8.89. The molecule has 90 valence electrons. The second-order valence-corrected chi connectivity index (χ2v) is 4.76. The number of carbonyl (C=O) groups excluding carboxylic acids is 1. The van der Waals surface area contributed by atoms with Crippen LogP contribution in [0, 0.1) is 11.8 Å². The Hall–Kier alpha value is -0.570. The van der Waals surface area contributed by atoms with Crippen LogP contribution in [-0.2, 0) is 4.79 Å². The van der Waals surface area contributed by atoms with E-state index < -0.39 is 0 Å². The van der Waals surface area contributed by atoms with E-state index in [4.69, 9.17) is 5.73 Å². The van der Waals surface area contributed by atoms with Crippen molar-refractivity contribution < 1.29 is 4.79 Å². The average molecular weight is 214 g/mol. The first-order chi connectivity index (χ1) is 7.01. The van der Waals surface area contributed by atoms with Crippen LogP contribution in [0.1, 0.15) is 47.0 Å². The van der Waals surface area contributed by atoms with Gasteiger partial charge in [-0.3, -0.25) is 4.79 Å². The molecule has 0 rings (SSSR count). The van der Waals surface area contributed by atoms with E-state index in [2.05, 4.69) is 26.1 Å². The van der Waals surface area contributed by atoms with Crippen LogP contribution >= 0.6 is 0 Å². The number of nitrogens with one attached hydrogen (secondary N) is 1. The van der Waals surface area contributed by atoms with Gasteiger partial charge in [0.25, 0.3) is 0 Å². The molecule has 0 aromatic rings. The van der Waals surface area contributed by atoms with Gasteiger partial charge in [0.15, 0.2) is 0 Å². The molecule has 0 bridgehead atoms. The first-order valence-electron chi connectivity index (χ1n) is 6.01.